The minimum Gasteiger partial charge on any atom is -0.357 e. The number of aromatic nitrogens is 1. The van der Waals surface area contributed by atoms with Gasteiger partial charge in [0.05, 0.1) is 15.6 Å². The van der Waals surface area contributed by atoms with Crippen LogP contribution in [0.2, 0.25) is 10.0 Å². The van der Waals surface area contributed by atoms with Crippen molar-refractivity contribution in [1.82, 2.24) is 4.98 Å². The second-order valence-corrected chi connectivity index (χ2v) is 4.50. The molecule has 0 spiro atoms. The second-order valence-electron chi connectivity index (χ2n) is 3.72. The van der Waals surface area contributed by atoms with Crippen LogP contribution in [-0.4, -0.2) is 4.98 Å². The highest BCUT2D eigenvalue weighted by Gasteiger charge is 2.18. The minimum absolute atomic E-state index is 0.624. The zero-order valence-electron chi connectivity index (χ0n) is 7.53. The maximum absolute atomic E-state index is 6.13. The predicted octanol–water partition coefficient (Wildman–Crippen LogP) is 3.96. The molecule has 0 atom stereocenters. The molecule has 1 nitrogen and oxygen atoms in total. The van der Waals surface area contributed by atoms with Gasteiger partial charge in [-0.15, -0.1) is 0 Å². The lowest BCUT2D eigenvalue weighted by atomic mass is 10.1. The van der Waals surface area contributed by atoms with Crippen molar-refractivity contribution in [2.24, 2.45) is 0 Å². The lowest BCUT2D eigenvalue weighted by Gasteiger charge is -1.98. The Bertz CT molecular complexity index is 513. The number of H-pyrrole nitrogens is 1. The van der Waals surface area contributed by atoms with Gasteiger partial charge in [0.2, 0.25) is 0 Å². The van der Waals surface area contributed by atoms with E-state index in [9.17, 15) is 0 Å². The zero-order valence-corrected chi connectivity index (χ0v) is 9.04. The van der Waals surface area contributed by atoms with Gasteiger partial charge in [-0.2, -0.15) is 0 Å². The third-order valence-corrected chi connectivity index (χ3v) is 3.72. The van der Waals surface area contributed by atoms with Crippen LogP contribution in [0, 0.1) is 0 Å². The van der Waals surface area contributed by atoms with Crippen molar-refractivity contribution >= 4 is 34.1 Å². The van der Waals surface area contributed by atoms with E-state index in [1.54, 1.807) is 0 Å². The van der Waals surface area contributed by atoms with Gasteiger partial charge < -0.3 is 4.98 Å². The maximum atomic E-state index is 6.13. The van der Waals surface area contributed by atoms with Crippen molar-refractivity contribution in [2.75, 3.05) is 0 Å². The smallest absolute Gasteiger partial charge is 0.0833 e. The van der Waals surface area contributed by atoms with E-state index in [-0.39, 0.29) is 0 Å². The number of fused-ring (bicyclic) bond motifs is 3. The fraction of sp³-hybridized carbons (Fsp3) is 0.273. The summed E-state index contributed by atoms with van der Waals surface area (Å²) in [6, 6.07) is 3.93. The Balaban J connectivity index is 2.43. The molecule has 1 N–H and O–H groups in total. The third-order valence-electron chi connectivity index (χ3n) is 2.91. The lowest BCUT2D eigenvalue weighted by molar-refractivity contribution is 0.899. The van der Waals surface area contributed by atoms with Crippen molar-refractivity contribution in [3.05, 3.63) is 33.4 Å². The second kappa shape index (κ2) is 2.91. The quantitative estimate of drug-likeness (QED) is 0.699. The molecule has 0 aliphatic heterocycles. The number of nitrogens with one attached hydrogen (secondary N) is 1. The maximum Gasteiger partial charge on any atom is 0.0833 e. The summed E-state index contributed by atoms with van der Waals surface area (Å²) in [5.74, 6) is 0. The van der Waals surface area contributed by atoms with Gasteiger partial charge >= 0.3 is 0 Å². The summed E-state index contributed by atoms with van der Waals surface area (Å²) in [5, 5.41) is 2.52. The molecule has 0 saturated carbocycles. The zero-order chi connectivity index (χ0) is 9.71. The molecule has 0 saturated heterocycles. The van der Waals surface area contributed by atoms with Crippen molar-refractivity contribution in [3.63, 3.8) is 0 Å². The topological polar surface area (TPSA) is 15.8 Å². The predicted molar refractivity (Wildman–Crippen MR) is 60.3 cm³/mol. The number of hydrogen-bond acceptors (Lipinski definition) is 0. The number of benzene rings is 1. The lowest BCUT2D eigenvalue weighted by Crippen LogP contribution is -1.78. The fourth-order valence-electron chi connectivity index (χ4n) is 2.25. The summed E-state index contributed by atoms with van der Waals surface area (Å²) in [4.78, 5) is 3.37. The Hall–Kier alpha value is -0.660. The number of halogens is 2. The highest BCUT2D eigenvalue weighted by molar-refractivity contribution is 6.45. The van der Waals surface area contributed by atoms with E-state index in [0.717, 1.165) is 18.4 Å². The van der Waals surface area contributed by atoms with Crippen LogP contribution in [0.25, 0.3) is 10.9 Å². The summed E-state index contributed by atoms with van der Waals surface area (Å²) >= 11 is 12.1. The SMILES string of the molecule is Clc1ccc2c3c([nH]c2c1Cl)CCC3. The van der Waals surface area contributed by atoms with Crippen molar-refractivity contribution in [3.8, 4) is 0 Å². The molecule has 0 amide bonds. The van der Waals surface area contributed by atoms with E-state index in [0.29, 0.717) is 10.0 Å². The van der Waals surface area contributed by atoms with Crippen molar-refractivity contribution in [2.45, 2.75) is 19.3 Å². The molecule has 14 heavy (non-hydrogen) atoms. The van der Waals surface area contributed by atoms with Crippen LogP contribution in [0.3, 0.4) is 0 Å². The van der Waals surface area contributed by atoms with Gasteiger partial charge in [-0.25, -0.2) is 0 Å². The van der Waals surface area contributed by atoms with E-state index in [2.05, 4.69) is 11.1 Å². The number of rotatable bonds is 0. The number of aryl methyl sites for hydroxylation is 2. The van der Waals surface area contributed by atoms with Crippen LogP contribution in [-0.2, 0) is 12.8 Å². The van der Waals surface area contributed by atoms with Crippen LogP contribution < -0.4 is 0 Å². The standard InChI is InChI=1S/C11H9Cl2N/c12-8-5-4-7-6-2-1-3-9(6)14-11(7)10(8)13/h4-5,14H,1-3H2. The molecule has 1 aromatic carbocycles. The van der Waals surface area contributed by atoms with Gasteiger partial charge in [-0.05, 0) is 30.9 Å². The van der Waals surface area contributed by atoms with E-state index in [4.69, 9.17) is 23.2 Å². The van der Waals surface area contributed by atoms with Crippen molar-refractivity contribution in [1.29, 1.82) is 0 Å². The van der Waals surface area contributed by atoms with Crippen LogP contribution >= 0.6 is 23.2 Å². The van der Waals surface area contributed by atoms with Gasteiger partial charge in [0, 0.05) is 11.1 Å². The molecule has 0 unspecified atom stereocenters. The van der Waals surface area contributed by atoms with Crippen LogP contribution in [0.4, 0.5) is 0 Å². The van der Waals surface area contributed by atoms with Gasteiger partial charge in [0.25, 0.3) is 0 Å². The normalized spacial score (nSPS) is 15.0. The Morgan fingerprint density at radius 1 is 1.14 bits per heavy atom. The Kier molecular flexibility index (Phi) is 1.80. The third kappa shape index (κ3) is 1.03. The molecular weight excluding hydrogens is 217 g/mol. The first kappa shape index (κ1) is 8.63. The highest BCUT2D eigenvalue weighted by Crippen LogP contribution is 2.36. The molecule has 1 heterocycles. The summed E-state index contributed by atoms with van der Waals surface area (Å²) in [7, 11) is 0. The fourth-order valence-corrected chi connectivity index (χ4v) is 2.62. The minimum atomic E-state index is 0.624. The molecule has 0 fully saturated rings. The summed E-state index contributed by atoms with van der Waals surface area (Å²) < 4.78 is 0. The molecule has 1 aromatic heterocycles. The molecule has 3 heteroatoms. The van der Waals surface area contributed by atoms with Crippen LogP contribution in [0.15, 0.2) is 12.1 Å². The molecular formula is C11H9Cl2N. The first-order chi connectivity index (χ1) is 6.77. The molecule has 2 aromatic rings. The van der Waals surface area contributed by atoms with E-state index >= 15 is 0 Å². The van der Waals surface area contributed by atoms with Crippen LogP contribution in [0.5, 0.6) is 0 Å². The molecule has 3 rings (SSSR count). The number of aromatic amines is 1. The first-order valence-electron chi connectivity index (χ1n) is 4.75. The summed E-state index contributed by atoms with van der Waals surface area (Å²) in [5.41, 5.74) is 3.77. The Morgan fingerprint density at radius 2 is 2.00 bits per heavy atom. The molecule has 1 aliphatic carbocycles. The van der Waals surface area contributed by atoms with E-state index < -0.39 is 0 Å². The average molecular weight is 226 g/mol. The summed E-state index contributed by atoms with van der Waals surface area (Å²) in [6.45, 7) is 0. The molecule has 1 aliphatic rings. The summed E-state index contributed by atoms with van der Waals surface area (Å²) in [6.07, 6.45) is 3.54. The van der Waals surface area contributed by atoms with Gasteiger partial charge in [0.15, 0.2) is 0 Å². The van der Waals surface area contributed by atoms with E-state index in [1.807, 2.05) is 6.07 Å². The Morgan fingerprint density at radius 3 is 2.86 bits per heavy atom. The van der Waals surface area contributed by atoms with Gasteiger partial charge in [-0.3, -0.25) is 0 Å². The number of hydrogen-bond donors (Lipinski definition) is 1. The molecule has 0 radical (unpaired) electrons. The molecule has 72 valence electrons. The molecule has 0 bridgehead atoms. The highest BCUT2D eigenvalue weighted by atomic mass is 35.5. The largest absolute Gasteiger partial charge is 0.357 e. The monoisotopic (exact) mass is 225 g/mol. The van der Waals surface area contributed by atoms with Crippen molar-refractivity contribution < 1.29 is 0 Å². The van der Waals surface area contributed by atoms with E-state index in [1.165, 1.54) is 23.1 Å². The van der Waals surface area contributed by atoms with Gasteiger partial charge in [0.1, 0.15) is 0 Å². The van der Waals surface area contributed by atoms with Crippen LogP contribution in [0.1, 0.15) is 17.7 Å². The first-order valence-corrected chi connectivity index (χ1v) is 5.50. The average Bonchev–Trinajstić information content (AvgIpc) is 2.71. The Labute approximate surface area is 92.0 Å². The van der Waals surface area contributed by atoms with Gasteiger partial charge in [-0.1, -0.05) is 29.3 Å².